The highest BCUT2D eigenvalue weighted by Gasteiger charge is 2.29. The molecule has 4 heterocycles. The van der Waals surface area contributed by atoms with Crippen LogP contribution in [0.15, 0.2) is 34.5 Å². The number of H-pyrrole nitrogens is 1. The molecule has 0 radical (unpaired) electrons. The maximum Gasteiger partial charge on any atom is 0.259 e. The zero-order valence-corrected chi connectivity index (χ0v) is 20.1. The van der Waals surface area contributed by atoms with Crippen LogP contribution in [0.1, 0.15) is 54.9 Å². The van der Waals surface area contributed by atoms with E-state index in [1.54, 1.807) is 29.3 Å². The predicted octanol–water partition coefficient (Wildman–Crippen LogP) is 5.30. The summed E-state index contributed by atoms with van der Waals surface area (Å²) in [6, 6.07) is 4.32. The first-order valence-corrected chi connectivity index (χ1v) is 12.8. The van der Waals surface area contributed by atoms with Crippen LogP contribution in [0.3, 0.4) is 0 Å². The molecule has 1 N–H and O–H groups in total. The second-order valence-electron chi connectivity index (χ2n) is 8.51. The Morgan fingerprint density at radius 3 is 2.88 bits per heavy atom. The molecule has 4 aromatic rings. The van der Waals surface area contributed by atoms with Crippen LogP contribution in [0.4, 0.5) is 0 Å². The van der Waals surface area contributed by atoms with Crippen molar-refractivity contribution in [1.82, 2.24) is 29.7 Å². The Labute approximate surface area is 194 Å². The van der Waals surface area contributed by atoms with Crippen molar-refractivity contribution < 1.29 is 0 Å². The van der Waals surface area contributed by atoms with Crippen molar-refractivity contribution in [2.24, 2.45) is 5.92 Å². The molecule has 0 bridgehead atoms. The number of aromatic nitrogens is 6. The summed E-state index contributed by atoms with van der Waals surface area (Å²) >= 11 is 3.16. The van der Waals surface area contributed by atoms with E-state index in [0.29, 0.717) is 28.9 Å². The molecule has 0 aromatic carbocycles. The van der Waals surface area contributed by atoms with Gasteiger partial charge in [0.15, 0.2) is 11.0 Å². The van der Waals surface area contributed by atoms with Crippen LogP contribution in [-0.4, -0.2) is 29.7 Å². The molecule has 1 aliphatic rings. The molecule has 1 fully saturated rings. The monoisotopic (exact) mass is 466 g/mol. The molecule has 9 heteroatoms. The van der Waals surface area contributed by atoms with Crippen LogP contribution in [0.25, 0.3) is 21.6 Å². The summed E-state index contributed by atoms with van der Waals surface area (Å²) in [5.74, 6) is 2.62. The number of nitrogens with one attached hydrogen (secondary N) is 1. The summed E-state index contributed by atoms with van der Waals surface area (Å²) in [5.41, 5.74) is 1.93. The second kappa shape index (κ2) is 8.78. The summed E-state index contributed by atoms with van der Waals surface area (Å²) in [6.45, 7) is 6.33. The summed E-state index contributed by atoms with van der Waals surface area (Å²) in [7, 11) is 0. The van der Waals surface area contributed by atoms with Crippen LogP contribution < -0.4 is 5.56 Å². The Morgan fingerprint density at radius 2 is 2.09 bits per heavy atom. The molecule has 166 valence electrons. The zero-order valence-electron chi connectivity index (χ0n) is 18.5. The molecule has 32 heavy (non-hydrogen) atoms. The van der Waals surface area contributed by atoms with E-state index in [1.807, 2.05) is 32.2 Å². The Morgan fingerprint density at radius 1 is 1.25 bits per heavy atom. The number of rotatable bonds is 5. The van der Waals surface area contributed by atoms with Gasteiger partial charge >= 0.3 is 0 Å². The van der Waals surface area contributed by atoms with Crippen LogP contribution >= 0.6 is 23.1 Å². The maximum atomic E-state index is 12.7. The van der Waals surface area contributed by atoms with E-state index >= 15 is 0 Å². The topological polar surface area (TPSA) is 89.3 Å². The highest BCUT2D eigenvalue weighted by molar-refractivity contribution is 7.98. The van der Waals surface area contributed by atoms with Gasteiger partial charge in [0.2, 0.25) is 0 Å². The fourth-order valence-electron chi connectivity index (χ4n) is 4.55. The van der Waals surface area contributed by atoms with Gasteiger partial charge in [-0.2, -0.15) is 0 Å². The van der Waals surface area contributed by atoms with Crippen molar-refractivity contribution in [2.75, 3.05) is 0 Å². The fraction of sp³-hybridized carbons (Fsp3) is 0.435. The molecule has 5 rings (SSSR count). The molecule has 4 aromatic heterocycles. The maximum absolute atomic E-state index is 12.7. The van der Waals surface area contributed by atoms with Gasteiger partial charge in [0.1, 0.15) is 10.7 Å². The number of thiophene rings is 1. The third kappa shape index (κ3) is 3.88. The summed E-state index contributed by atoms with van der Waals surface area (Å²) in [6.07, 6.45) is 8.44. The molecular weight excluding hydrogens is 440 g/mol. The SMILES string of the molecule is Cc1sc2nc(CSc3nnc(-c4cccnc4)n3[C@@H]3CCCC[C@H]3C)[nH]c(=O)c2c1C. The van der Waals surface area contributed by atoms with E-state index in [1.165, 1.54) is 19.3 Å². The lowest BCUT2D eigenvalue weighted by atomic mass is 9.85. The van der Waals surface area contributed by atoms with Gasteiger partial charge in [-0.05, 0) is 50.3 Å². The number of fused-ring (bicyclic) bond motifs is 1. The van der Waals surface area contributed by atoms with E-state index in [9.17, 15) is 4.79 Å². The number of nitrogens with zero attached hydrogens (tertiary/aromatic N) is 5. The van der Waals surface area contributed by atoms with Crippen molar-refractivity contribution in [3.05, 3.63) is 51.1 Å². The van der Waals surface area contributed by atoms with Crippen LogP contribution in [0.5, 0.6) is 0 Å². The first kappa shape index (κ1) is 21.3. The minimum absolute atomic E-state index is 0.0640. The lowest BCUT2D eigenvalue weighted by molar-refractivity contribution is 0.247. The Kier molecular flexibility index (Phi) is 5.86. The third-order valence-electron chi connectivity index (χ3n) is 6.41. The highest BCUT2D eigenvalue weighted by Crippen LogP contribution is 2.39. The van der Waals surface area contributed by atoms with Gasteiger partial charge in [-0.25, -0.2) is 4.98 Å². The number of hydrogen-bond acceptors (Lipinski definition) is 7. The van der Waals surface area contributed by atoms with Gasteiger partial charge in [0, 0.05) is 28.9 Å². The van der Waals surface area contributed by atoms with Crippen LogP contribution in [-0.2, 0) is 5.75 Å². The lowest BCUT2D eigenvalue weighted by Crippen LogP contribution is -2.22. The minimum Gasteiger partial charge on any atom is -0.309 e. The first-order chi connectivity index (χ1) is 15.5. The Balaban J connectivity index is 1.49. The second-order valence-corrected chi connectivity index (χ2v) is 10.7. The normalized spacial score (nSPS) is 19.0. The largest absolute Gasteiger partial charge is 0.309 e. The lowest BCUT2D eigenvalue weighted by Gasteiger charge is -2.31. The van der Waals surface area contributed by atoms with Gasteiger partial charge in [-0.1, -0.05) is 31.5 Å². The number of aromatic amines is 1. The van der Waals surface area contributed by atoms with Gasteiger partial charge < -0.3 is 4.98 Å². The molecule has 0 unspecified atom stereocenters. The standard InChI is InChI=1S/C23H26N6OS2/c1-13-7-4-5-9-17(13)29-20(16-8-6-10-24-11-16)27-28-23(29)31-12-18-25-21(30)19-14(2)15(3)32-22(19)26-18/h6,8,10-11,13,17H,4-5,7,9,12H2,1-3H3,(H,25,26,30)/t13-,17-/m1/s1. The van der Waals surface area contributed by atoms with E-state index in [0.717, 1.165) is 38.2 Å². The van der Waals surface area contributed by atoms with Crippen LogP contribution in [0, 0.1) is 19.8 Å². The molecule has 1 saturated carbocycles. The van der Waals surface area contributed by atoms with Crippen LogP contribution in [0.2, 0.25) is 0 Å². The Bertz CT molecular complexity index is 1310. The van der Waals surface area contributed by atoms with Gasteiger partial charge in [-0.3, -0.25) is 14.3 Å². The summed E-state index contributed by atoms with van der Waals surface area (Å²) in [4.78, 5) is 26.6. The predicted molar refractivity (Wildman–Crippen MR) is 129 cm³/mol. The van der Waals surface area contributed by atoms with Crippen molar-refractivity contribution in [2.45, 2.75) is 63.4 Å². The average Bonchev–Trinajstić information content (AvgIpc) is 3.34. The smallest absolute Gasteiger partial charge is 0.259 e. The average molecular weight is 467 g/mol. The molecule has 0 aliphatic heterocycles. The van der Waals surface area contributed by atoms with E-state index in [4.69, 9.17) is 4.98 Å². The van der Waals surface area contributed by atoms with Crippen molar-refractivity contribution in [3.63, 3.8) is 0 Å². The summed E-state index contributed by atoms with van der Waals surface area (Å²) < 4.78 is 2.29. The van der Waals surface area contributed by atoms with E-state index < -0.39 is 0 Å². The summed E-state index contributed by atoms with van der Waals surface area (Å²) in [5, 5.41) is 10.7. The number of pyridine rings is 1. The molecule has 0 spiro atoms. The van der Waals surface area contributed by atoms with Gasteiger partial charge in [0.25, 0.3) is 5.56 Å². The molecular formula is C23H26N6OS2. The van der Waals surface area contributed by atoms with Crippen molar-refractivity contribution in [1.29, 1.82) is 0 Å². The Hall–Kier alpha value is -2.52. The number of thioether (sulfide) groups is 1. The minimum atomic E-state index is -0.0640. The van der Waals surface area contributed by atoms with E-state index in [2.05, 4.69) is 31.7 Å². The molecule has 2 atom stereocenters. The first-order valence-electron chi connectivity index (χ1n) is 11.0. The molecule has 0 saturated heterocycles. The third-order valence-corrected chi connectivity index (χ3v) is 8.46. The number of hydrogen-bond donors (Lipinski definition) is 1. The molecule has 7 nitrogen and oxygen atoms in total. The molecule has 0 amide bonds. The van der Waals surface area contributed by atoms with Gasteiger partial charge in [-0.15, -0.1) is 21.5 Å². The van der Waals surface area contributed by atoms with E-state index in [-0.39, 0.29) is 5.56 Å². The fourth-order valence-corrected chi connectivity index (χ4v) is 6.46. The molecule has 1 aliphatic carbocycles. The van der Waals surface area contributed by atoms with Gasteiger partial charge in [0.05, 0.1) is 11.1 Å². The quantitative estimate of drug-likeness (QED) is 0.402. The van der Waals surface area contributed by atoms with Crippen molar-refractivity contribution in [3.8, 4) is 11.4 Å². The highest BCUT2D eigenvalue weighted by atomic mass is 32.2. The zero-order chi connectivity index (χ0) is 22.2. The number of aryl methyl sites for hydroxylation is 2. The van der Waals surface area contributed by atoms with Crippen molar-refractivity contribution >= 4 is 33.3 Å².